The molecule has 9 heteroatoms. The first-order chi connectivity index (χ1) is 15.2. The second-order valence-corrected chi connectivity index (χ2v) is 7.13. The number of rotatable bonds is 8. The lowest BCUT2D eigenvalue weighted by Crippen LogP contribution is -2.15. The second kappa shape index (κ2) is 9.76. The highest BCUT2D eigenvalue weighted by atomic mass is 19.4. The molecule has 0 saturated heterocycles. The molecular formula is C23H23F3N2O4. The summed E-state index contributed by atoms with van der Waals surface area (Å²) in [6.45, 7) is 5.95. The van der Waals surface area contributed by atoms with Gasteiger partial charge in [-0.25, -0.2) is 0 Å². The normalized spacial score (nSPS) is 11.3. The maximum absolute atomic E-state index is 13.1. The molecule has 0 unspecified atom stereocenters. The smallest absolute Gasteiger partial charge is 0.416 e. The molecule has 32 heavy (non-hydrogen) atoms. The van der Waals surface area contributed by atoms with Gasteiger partial charge >= 0.3 is 6.18 Å². The number of nitrogens with zero attached hydrogens (tertiary/aromatic N) is 1. The van der Waals surface area contributed by atoms with E-state index in [1.807, 2.05) is 6.92 Å². The number of carbonyl (C=O) groups excluding carboxylic acids is 1. The SMILES string of the molecule is CCCOc1ccc(C(F)(F)F)cc1NC(=O)c1cccc(OCc2c(C)noc2C)c1. The molecule has 0 fully saturated rings. The van der Waals surface area contributed by atoms with Gasteiger partial charge in [-0.05, 0) is 56.7 Å². The first-order valence-corrected chi connectivity index (χ1v) is 9.99. The van der Waals surface area contributed by atoms with Gasteiger partial charge in [0.1, 0.15) is 23.9 Å². The number of halogens is 3. The van der Waals surface area contributed by atoms with Gasteiger partial charge in [-0.3, -0.25) is 4.79 Å². The Morgan fingerprint density at radius 3 is 2.56 bits per heavy atom. The Hall–Kier alpha value is -3.49. The highest BCUT2D eigenvalue weighted by Gasteiger charge is 2.31. The van der Waals surface area contributed by atoms with Crippen LogP contribution in [0.25, 0.3) is 0 Å². The van der Waals surface area contributed by atoms with Crippen LogP contribution in [-0.2, 0) is 12.8 Å². The highest BCUT2D eigenvalue weighted by Crippen LogP contribution is 2.35. The van der Waals surface area contributed by atoms with Gasteiger partial charge in [0.05, 0.1) is 29.1 Å². The zero-order valence-electron chi connectivity index (χ0n) is 17.9. The summed E-state index contributed by atoms with van der Waals surface area (Å²) in [7, 11) is 0. The molecule has 0 spiro atoms. The van der Waals surface area contributed by atoms with Crippen LogP contribution in [0.2, 0.25) is 0 Å². The fourth-order valence-corrected chi connectivity index (χ4v) is 2.93. The molecule has 0 atom stereocenters. The fraction of sp³-hybridized carbons (Fsp3) is 0.304. The van der Waals surface area contributed by atoms with Gasteiger partial charge < -0.3 is 19.3 Å². The predicted octanol–water partition coefficient (Wildman–Crippen LogP) is 5.93. The minimum atomic E-state index is -4.55. The first-order valence-electron chi connectivity index (χ1n) is 9.99. The van der Waals surface area contributed by atoms with Crippen molar-refractivity contribution in [1.29, 1.82) is 0 Å². The number of carbonyl (C=O) groups is 1. The van der Waals surface area contributed by atoms with Gasteiger partial charge in [0.15, 0.2) is 0 Å². The summed E-state index contributed by atoms with van der Waals surface area (Å²) in [5, 5.41) is 6.38. The summed E-state index contributed by atoms with van der Waals surface area (Å²) in [4.78, 5) is 12.8. The topological polar surface area (TPSA) is 73.6 Å². The van der Waals surface area contributed by atoms with Crippen LogP contribution in [0.1, 0.15) is 46.3 Å². The summed E-state index contributed by atoms with van der Waals surface area (Å²) >= 11 is 0. The Morgan fingerprint density at radius 2 is 1.91 bits per heavy atom. The van der Waals surface area contributed by atoms with Gasteiger partial charge in [-0.2, -0.15) is 13.2 Å². The third-order valence-electron chi connectivity index (χ3n) is 4.68. The van der Waals surface area contributed by atoms with E-state index in [1.165, 1.54) is 18.2 Å². The molecule has 1 N–H and O–H groups in total. The van der Waals surface area contributed by atoms with Crippen LogP contribution in [0.15, 0.2) is 47.0 Å². The molecule has 3 aromatic rings. The van der Waals surface area contributed by atoms with Gasteiger partial charge in [0, 0.05) is 5.56 Å². The van der Waals surface area contributed by atoms with Crippen molar-refractivity contribution in [3.8, 4) is 11.5 Å². The maximum Gasteiger partial charge on any atom is 0.416 e. The standard InChI is InChI=1S/C23H23F3N2O4/c1-4-10-30-21-9-8-17(23(24,25)26)12-20(21)27-22(29)16-6-5-7-18(11-16)31-13-19-14(2)28-32-15(19)3/h5-9,11-12H,4,10,13H2,1-3H3,(H,27,29). The number of ether oxygens (including phenoxy) is 2. The van der Waals surface area contributed by atoms with Crippen LogP contribution < -0.4 is 14.8 Å². The summed E-state index contributed by atoms with van der Waals surface area (Å²) in [5.41, 5.74) is 0.802. The zero-order chi connectivity index (χ0) is 23.3. The summed E-state index contributed by atoms with van der Waals surface area (Å²) < 4.78 is 55.8. The lowest BCUT2D eigenvalue weighted by molar-refractivity contribution is -0.137. The first kappa shape index (κ1) is 23.2. The number of aromatic nitrogens is 1. The van der Waals surface area contributed by atoms with Gasteiger partial charge in [-0.15, -0.1) is 0 Å². The maximum atomic E-state index is 13.1. The molecule has 0 saturated carbocycles. The number of aryl methyl sites for hydroxylation is 2. The number of alkyl halides is 3. The van der Waals surface area contributed by atoms with Crippen molar-refractivity contribution in [1.82, 2.24) is 5.16 Å². The van der Waals surface area contributed by atoms with Crippen molar-refractivity contribution in [2.24, 2.45) is 0 Å². The molecule has 6 nitrogen and oxygen atoms in total. The summed E-state index contributed by atoms with van der Waals surface area (Å²) in [6, 6.07) is 9.33. The van der Waals surface area contributed by atoms with E-state index in [2.05, 4.69) is 10.5 Å². The minimum Gasteiger partial charge on any atom is -0.491 e. The van der Waals surface area contributed by atoms with Crippen molar-refractivity contribution in [2.45, 2.75) is 40.0 Å². The average Bonchev–Trinajstić information content (AvgIpc) is 3.08. The molecule has 0 aliphatic rings. The monoisotopic (exact) mass is 448 g/mol. The third-order valence-corrected chi connectivity index (χ3v) is 4.68. The van der Waals surface area contributed by atoms with Crippen molar-refractivity contribution >= 4 is 11.6 Å². The van der Waals surface area contributed by atoms with Crippen molar-refractivity contribution < 1.29 is 32.0 Å². The van der Waals surface area contributed by atoms with E-state index in [1.54, 1.807) is 26.0 Å². The largest absolute Gasteiger partial charge is 0.491 e. The van der Waals surface area contributed by atoms with Crippen LogP contribution >= 0.6 is 0 Å². The molecule has 3 rings (SSSR count). The number of anilines is 1. The predicted molar refractivity (Wildman–Crippen MR) is 112 cm³/mol. The Balaban J connectivity index is 1.78. The lowest BCUT2D eigenvalue weighted by Gasteiger charge is -2.15. The fourth-order valence-electron chi connectivity index (χ4n) is 2.93. The number of nitrogens with one attached hydrogen (secondary N) is 1. The molecule has 1 aromatic heterocycles. The molecule has 170 valence electrons. The van der Waals surface area contributed by atoms with Crippen molar-refractivity contribution in [3.05, 3.63) is 70.6 Å². The van der Waals surface area contributed by atoms with E-state index in [0.29, 0.717) is 30.2 Å². The quantitative estimate of drug-likeness (QED) is 0.462. The van der Waals surface area contributed by atoms with E-state index in [-0.39, 0.29) is 23.6 Å². The van der Waals surface area contributed by atoms with Gasteiger partial charge in [0.2, 0.25) is 0 Å². The Kier molecular flexibility index (Phi) is 7.07. The van der Waals surface area contributed by atoms with E-state index < -0.39 is 17.6 Å². The Bertz CT molecular complexity index is 1070. The van der Waals surface area contributed by atoms with Crippen LogP contribution in [0.4, 0.5) is 18.9 Å². The van der Waals surface area contributed by atoms with Crippen molar-refractivity contribution in [3.63, 3.8) is 0 Å². The van der Waals surface area contributed by atoms with E-state index in [9.17, 15) is 18.0 Å². The van der Waals surface area contributed by atoms with Crippen molar-refractivity contribution in [2.75, 3.05) is 11.9 Å². The van der Waals surface area contributed by atoms with Crippen LogP contribution in [-0.4, -0.2) is 17.7 Å². The van der Waals surface area contributed by atoms with Crippen LogP contribution in [0, 0.1) is 13.8 Å². The Labute approximate surface area is 183 Å². The van der Waals surface area contributed by atoms with E-state index in [0.717, 1.165) is 17.7 Å². The molecular weight excluding hydrogens is 425 g/mol. The second-order valence-electron chi connectivity index (χ2n) is 7.13. The van der Waals surface area contributed by atoms with Gasteiger partial charge in [0.25, 0.3) is 5.91 Å². The molecule has 0 aliphatic carbocycles. The van der Waals surface area contributed by atoms with Crippen LogP contribution in [0.3, 0.4) is 0 Å². The number of benzene rings is 2. The minimum absolute atomic E-state index is 0.0553. The molecule has 1 heterocycles. The highest BCUT2D eigenvalue weighted by molar-refractivity contribution is 6.05. The van der Waals surface area contributed by atoms with E-state index >= 15 is 0 Å². The van der Waals surface area contributed by atoms with E-state index in [4.69, 9.17) is 14.0 Å². The molecule has 0 radical (unpaired) electrons. The van der Waals surface area contributed by atoms with Crippen LogP contribution in [0.5, 0.6) is 11.5 Å². The summed E-state index contributed by atoms with van der Waals surface area (Å²) in [5.74, 6) is 0.636. The third kappa shape index (κ3) is 5.60. The molecule has 2 aromatic carbocycles. The van der Waals surface area contributed by atoms with Gasteiger partial charge in [-0.1, -0.05) is 18.1 Å². The Morgan fingerprint density at radius 1 is 1.12 bits per heavy atom. The average molecular weight is 448 g/mol. The summed E-state index contributed by atoms with van der Waals surface area (Å²) in [6.07, 6.45) is -3.88. The molecule has 0 bridgehead atoms. The number of amides is 1. The number of hydrogen-bond donors (Lipinski definition) is 1. The molecule has 0 aliphatic heterocycles. The zero-order valence-corrected chi connectivity index (χ0v) is 17.9. The lowest BCUT2D eigenvalue weighted by atomic mass is 10.1. The number of hydrogen-bond acceptors (Lipinski definition) is 5. The molecule has 1 amide bonds.